The normalized spacial score (nSPS) is 14.4. The summed E-state index contributed by atoms with van der Waals surface area (Å²) in [6.45, 7) is 3.80. The molecule has 0 bridgehead atoms. The quantitative estimate of drug-likeness (QED) is 0.751. The molecule has 0 aliphatic rings. The van der Waals surface area contributed by atoms with E-state index < -0.39 is 0 Å². The minimum absolute atomic E-state index is 0.00667. The van der Waals surface area contributed by atoms with Crippen LogP contribution in [0, 0.1) is 0 Å². The Balaban J connectivity index is 2.29. The highest BCUT2D eigenvalue weighted by Crippen LogP contribution is 2.06. The molecule has 1 aromatic heterocycles. The first-order valence-corrected chi connectivity index (χ1v) is 5.31. The summed E-state index contributed by atoms with van der Waals surface area (Å²) in [5.41, 5.74) is 0. The second-order valence-corrected chi connectivity index (χ2v) is 3.74. The summed E-state index contributed by atoms with van der Waals surface area (Å²) >= 11 is 0. The van der Waals surface area contributed by atoms with E-state index in [1.54, 1.807) is 7.11 Å². The molecule has 1 rings (SSSR count). The van der Waals surface area contributed by atoms with Crippen molar-refractivity contribution in [3.05, 3.63) is 12.2 Å². The molecular formula is C10H18N4O2. The summed E-state index contributed by atoms with van der Waals surface area (Å²) in [5, 5.41) is 9.28. The summed E-state index contributed by atoms with van der Waals surface area (Å²) in [7, 11) is 1.64. The van der Waals surface area contributed by atoms with Crippen LogP contribution in [-0.2, 0) is 9.53 Å². The number of rotatable bonds is 6. The number of hydrogen-bond acceptors (Lipinski definition) is 4. The largest absolute Gasteiger partial charge is 0.382 e. The maximum atomic E-state index is 11.5. The van der Waals surface area contributed by atoms with Crippen molar-refractivity contribution >= 4 is 5.91 Å². The van der Waals surface area contributed by atoms with Crippen LogP contribution in [0.1, 0.15) is 38.6 Å². The lowest BCUT2D eigenvalue weighted by molar-refractivity contribution is -0.122. The molecule has 2 unspecified atom stereocenters. The Kier molecular flexibility index (Phi) is 4.91. The second kappa shape index (κ2) is 6.22. The Morgan fingerprint density at radius 3 is 2.94 bits per heavy atom. The van der Waals surface area contributed by atoms with Gasteiger partial charge in [0.25, 0.3) is 0 Å². The molecule has 1 heterocycles. The third-order valence-corrected chi connectivity index (χ3v) is 2.40. The van der Waals surface area contributed by atoms with Crippen LogP contribution in [-0.4, -0.2) is 34.3 Å². The number of ether oxygens (including phenoxy) is 1. The van der Waals surface area contributed by atoms with E-state index in [9.17, 15) is 4.79 Å². The zero-order valence-electron chi connectivity index (χ0n) is 9.86. The van der Waals surface area contributed by atoms with Gasteiger partial charge < -0.3 is 10.1 Å². The van der Waals surface area contributed by atoms with E-state index >= 15 is 0 Å². The highest BCUT2D eigenvalue weighted by molar-refractivity contribution is 5.76. The van der Waals surface area contributed by atoms with E-state index in [0.717, 1.165) is 0 Å². The summed E-state index contributed by atoms with van der Waals surface area (Å²) in [6, 6.07) is -0.146. The first-order chi connectivity index (χ1) is 7.63. The average Bonchev–Trinajstić information content (AvgIpc) is 2.79. The summed E-state index contributed by atoms with van der Waals surface area (Å²) < 4.78 is 5.07. The van der Waals surface area contributed by atoms with Crippen molar-refractivity contribution in [2.75, 3.05) is 7.11 Å². The molecule has 0 saturated heterocycles. The molecule has 2 atom stereocenters. The highest BCUT2D eigenvalue weighted by atomic mass is 16.5. The predicted octanol–water partition coefficient (Wildman–Crippen LogP) is 0.797. The maximum Gasteiger partial charge on any atom is 0.220 e. The van der Waals surface area contributed by atoms with Gasteiger partial charge in [-0.3, -0.25) is 9.89 Å². The first kappa shape index (κ1) is 12.6. The van der Waals surface area contributed by atoms with Crippen LogP contribution >= 0.6 is 0 Å². The van der Waals surface area contributed by atoms with Gasteiger partial charge in [0.15, 0.2) is 0 Å². The number of nitrogens with one attached hydrogen (secondary N) is 2. The molecule has 0 aromatic carbocycles. The smallest absolute Gasteiger partial charge is 0.220 e. The second-order valence-electron chi connectivity index (χ2n) is 3.74. The van der Waals surface area contributed by atoms with Crippen molar-refractivity contribution in [2.24, 2.45) is 0 Å². The minimum Gasteiger partial charge on any atom is -0.382 e. The highest BCUT2D eigenvalue weighted by Gasteiger charge is 2.12. The molecule has 0 saturated carbocycles. The van der Waals surface area contributed by atoms with Crippen molar-refractivity contribution in [3.8, 4) is 0 Å². The van der Waals surface area contributed by atoms with Crippen LogP contribution in [0.4, 0.5) is 0 Å². The Hall–Kier alpha value is -1.43. The zero-order valence-corrected chi connectivity index (χ0v) is 9.86. The van der Waals surface area contributed by atoms with Gasteiger partial charge >= 0.3 is 0 Å². The fourth-order valence-corrected chi connectivity index (χ4v) is 1.26. The summed E-state index contributed by atoms with van der Waals surface area (Å²) in [6.07, 6.45) is 2.69. The molecule has 0 aliphatic heterocycles. The summed E-state index contributed by atoms with van der Waals surface area (Å²) in [4.78, 5) is 15.5. The number of H-pyrrole nitrogens is 1. The van der Waals surface area contributed by atoms with E-state index in [0.29, 0.717) is 18.7 Å². The first-order valence-electron chi connectivity index (χ1n) is 5.31. The molecular weight excluding hydrogens is 208 g/mol. The van der Waals surface area contributed by atoms with Gasteiger partial charge in [-0.25, -0.2) is 4.98 Å². The van der Waals surface area contributed by atoms with Crippen molar-refractivity contribution in [1.29, 1.82) is 0 Å². The van der Waals surface area contributed by atoms with Gasteiger partial charge in [-0.1, -0.05) is 0 Å². The van der Waals surface area contributed by atoms with Gasteiger partial charge in [-0.15, -0.1) is 0 Å². The average molecular weight is 226 g/mol. The lowest BCUT2D eigenvalue weighted by Crippen LogP contribution is -2.28. The Labute approximate surface area is 94.8 Å². The fourth-order valence-electron chi connectivity index (χ4n) is 1.26. The lowest BCUT2D eigenvalue weighted by atomic mass is 10.2. The van der Waals surface area contributed by atoms with Gasteiger partial charge in [-0.05, 0) is 20.3 Å². The molecule has 2 N–H and O–H groups in total. The molecule has 0 spiro atoms. The number of carbonyl (C=O) groups is 1. The third-order valence-electron chi connectivity index (χ3n) is 2.40. The van der Waals surface area contributed by atoms with E-state index in [4.69, 9.17) is 4.74 Å². The van der Waals surface area contributed by atoms with Crippen LogP contribution in [0.15, 0.2) is 6.33 Å². The zero-order chi connectivity index (χ0) is 12.0. The van der Waals surface area contributed by atoms with Crippen molar-refractivity contribution in [2.45, 2.75) is 38.8 Å². The number of nitrogens with zero attached hydrogens (tertiary/aromatic N) is 2. The monoisotopic (exact) mass is 226 g/mol. The van der Waals surface area contributed by atoms with Crippen LogP contribution in [0.25, 0.3) is 0 Å². The van der Waals surface area contributed by atoms with Crippen LogP contribution in [0.2, 0.25) is 0 Å². The van der Waals surface area contributed by atoms with E-state index in [1.165, 1.54) is 6.33 Å². The van der Waals surface area contributed by atoms with Crippen LogP contribution < -0.4 is 5.32 Å². The van der Waals surface area contributed by atoms with E-state index in [-0.39, 0.29) is 18.1 Å². The molecule has 6 heteroatoms. The van der Waals surface area contributed by atoms with Gasteiger partial charge in [0, 0.05) is 13.5 Å². The van der Waals surface area contributed by atoms with Crippen LogP contribution in [0.3, 0.4) is 0 Å². The number of aromatic nitrogens is 3. The predicted molar refractivity (Wildman–Crippen MR) is 58.6 cm³/mol. The minimum atomic E-state index is -0.146. The Morgan fingerprint density at radius 1 is 1.62 bits per heavy atom. The Morgan fingerprint density at radius 2 is 2.38 bits per heavy atom. The molecule has 1 amide bonds. The number of carbonyl (C=O) groups excluding carboxylic acids is 1. The molecule has 6 nitrogen and oxygen atoms in total. The Bertz CT molecular complexity index is 313. The fraction of sp³-hybridized carbons (Fsp3) is 0.700. The number of methoxy groups -OCH3 is 1. The van der Waals surface area contributed by atoms with E-state index in [2.05, 4.69) is 20.5 Å². The molecule has 90 valence electrons. The molecule has 16 heavy (non-hydrogen) atoms. The summed E-state index contributed by atoms with van der Waals surface area (Å²) in [5.74, 6) is 0.654. The number of aromatic amines is 1. The topological polar surface area (TPSA) is 79.9 Å². The van der Waals surface area contributed by atoms with Crippen molar-refractivity contribution in [1.82, 2.24) is 20.5 Å². The number of amides is 1. The van der Waals surface area contributed by atoms with Gasteiger partial charge in [-0.2, -0.15) is 5.10 Å². The maximum absolute atomic E-state index is 11.5. The molecule has 1 aromatic rings. The lowest BCUT2D eigenvalue weighted by Gasteiger charge is -2.12. The third kappa shape index (κ3) is 3.98. The van der Waals surface area contributed by atoms with Gasteiger partial charge in [0.05, 0.1) is 12.1 Å². The van der Waals surface area contributed by atoms with Crippen molar-refractivity contribution < 1.29 is 9.53 Å². The number of hydrogen-bond donors (Lipinski definition) is 2. The molecule has 0 radical (unpaired) electrons. The standard InChI is InChI=1S/C10H18N4O2/c1-7(16-3)4-5-9(15)13-8(2)10-11-6-12-14-10/h6-8H,4-5H2,1-3H3,(H,13,15)(H,11,12,14). The van der Waals surface area contributed by atoms with Crippen LogP contribution in [0.5, 0.6) is 0 Å². The van der Waals surface area contributed by atoms with E-state index in [1.807, 2.05) is 13.8 Å². The van der Waals surface area contributed by atoms with Gasteiger partial charge in [0.2, 0.25) is 5.91 Å². The van der Waals surface area contributed by atoms with Crippen molar-refractivity contribution in [3.63, 3.8) is 0 Å². The SMILES string of the molecule is COC(C)CCC(=O)NC(C)c1ncn[nH]1. The molecule has 0 fully saturated rings. The van der Waals surface area contributed by atoms with Gasteiger partial charge in [0.1, 0.15) is 12.2 Å². The molecule has 0 aliphatic carbocycles.